The van der Waals surface area contributed by atoms with Crippen LogP contribution in [0.5, 0.6) is 0 Å². The first kappa shape index (κ1) is 13.5. The van der Waals surface area contributed by atoms with Crippen LogP contribution in [0.25, 0.3) is 10.9 Å². The number of ketones is 1. The number of carbonyl (C=O) groups excluding carboxylic acids is 1. The molecule has 0 N–H and O–H groups in total. The predicted octanol–water partition coefficient (Wildman–Crippen LogP) is 4.11. The third-order valence-electron chi connectivity index (χ3n) is 3.59. The van der Waals surface area contributed by atoms with Gasteiger partial charge in [-0.05, 0) is 42.8 Å². The molecule has 3 aromatic rings. The second-order valence-electron chi connectivity index (χ2n) is 5.00. The van der Waals surface area contributed by atoms with Crippen molar-refractivity contribution >= 4 is 16.7 Å². The molecule has 0 saturated heterocycles. The second-order valence-corrected chi connectivity index (χ2v) is 5.00. The van der Waals surface area contributed by atoms with Crippen LogP contribution in [0.3, 0.4) is 0 Å². The largest absolute Gasteiger partial charge is 0.340 e. The Bertz CT molecular complexity index is 836. The summed E-state index contributed by atoms with van der Waals surface area (Å²) in [6.07, 6.45) is 1.83. The van der Waals surface area contributed by atoms with E-state index in [1.165, 1.54) is 6.07 Å². The lowest BCUT2D eigenvalue weighted by molar-refractivity contribution is 0.0973. The van der Waals surface area contributed by atoms with Gasteiger partial charge in [0.2, 0.25) is 0 Å². The topological polar surface area (TPSA) is 22.0 Å². The number of hydrogen-bond acceptors (Lipinski definition) is 1. The maximum absolute atomic E-state index is 13.2. The summed E-state index contributed by atoms with van der Waals surface area (Å²) in [6, 6.07) is 11.0. The molecule has 106 valence electrons. The highest BCUT2D eigenvalue weighted by Gasteiger charge is 2.12. The Labute approximate surface area is 120 Å². The minimum Gasteiger partial charge on any atom is -0.340 e. The molecule has 0 aliphatic heterocycles. The summed E-state index contributed by atoms with van der Waals surface area (Å²) >= 11 is 0. The number of benzene rings is 2. The molecule has 0 spiro atoms. The lowest BCUT2D eigenvalue weighted by Crippen LogP contribution is -2.10. The molecule has 0 fully saturated rings. The Balaban J connectivity index is 1.93. The first-order valence-corrected chi connectivity index (χ1v) is 6.59. The first-order valence-electron chi connectivity index (χ1n) is 6.59. The van der Waals surface area contributed by atoms with Gasteiger partial charge in [-0.2, -0.15) is 0 Å². The summed E-state index contributed by atoms with van der Waals surface area (Å²) in [5, 5.41) is 1.08. The molecule has 0 saturated carbocycles. The van der Waals surface area contributed by atoms with Crippen molar-refractivity contribution in [2.24, 2.45) is 0 Å². The predicted molar refractivity (Wildman–Crippen MR) is 77.4 cm³/mol. The van der Waals surface area contributed by atoms with E-state index in [0.717, 1.165) is 28.6 Å². The maximum Gasteiger partial charge on any atom is 0.182 e. The van der Waals surface area contributed by atoms with Crippen LogP contribution in [0.4, 0.5) is 8.78 Å². The van der Waals surface area contributed by atoms with Gasteiger partial charge in [-0.15, -0.1) is 0 Å². The van der Waals surface area contributed by atoms with Crippen molar-refractivity contribution < 1.29 is 13.6 Å². The Hall–Kier alpha value is -2.49. The Morgan fingerprint density at radius 1 is 1.10 bits per heavy atom. The summed E-state index contributed by atoms with van der Waals surface area (Å²) in [4.78, 5) is 12.2. The van der Waals surface area contributed by atoms with Gasteiger partial charge in [0.25, 0.3) is 0 Å². The second kappa shape index (κ2) is 5.13. The minimum atomic E-state index is -1.01. The van der Waals surface area contributed by atoms with E-state index in [2.05, 4.69) is 0 Å². The monoisotopic (exact) mass is 285 g/mol. The summed E-state index contributed by atoms with van der Waals surface area (Å²) in [7, 11) is 0. The molecule has 1 heterocycles. The van der Waals surface area contributed by atoms with Crippen LogP contribution < -0.4 is 0 Å². The molecule has 1 aromatic heterocycles. The maximum atomic E-state index is 13.2. The van der Waals surface area contributed by atoms with E-state index in [4.69, 9.17) is 0 Å². The Morgan fingerprint density at radius 3 is 2.67 bits per heavy atom. The summed E-state index contributed by atoms with van der Waals surface area (Å²) in [5.41, 5.74) is 2.25. The number of hydrogen-bond donors (Lipinski definition) is 0. The lowest BCUT2D eigenvalue weighted by Gasteiger charge is -2.06. The van der Waals surface area contributed by atoms with E-state index in [-0.39, 0.29) is 17.9 Å². The number of aromatic nitrogens is 1. The van der Waals surface area contributed by atoms with Gasteiger partial charge in [0.05, 0.1) is 6.54 Å². The van der Waals surface area contributed by atoms with E-state index in [1.807, 2.05) is 42.0 Å². The summed E-state index contributed by atoms with van der Waals surface area (Å²) < 4.78 is 27.9. The number of rotatable bonds is 3. The molecular formula is C17H13F2NO. The summed E-state index contributed by atoms with van der Waals surface area (Å²) in [5.74, 6) is -2.21. The van der Waals surface area contributed by atoms with Gasteiger partial charge in [-0.25, -0.2) is 8.78 Å². The summed E-state index contributed by atoms with van der Waals surface area (Å²) in [6.45, 7) is 2.10. The van der Waals surface area contributed by atoms with Crippen LogP contribution in [0.2, 0.25) is 0 Å². The van der Waals surface area contributed by atoms with Crippen LogP contribution in [-0.2, 0) is 6.54 Å². The third kappa shape index (κ3) is 2.44. The van der Waals surface area contributed by atoms with E-state index in [0.29, 0.717) is 0 Å². The molecule has 21 heavy (non-hydrogen) atoms. The van der Waals surface area contributed by atoms with Crippen LogP contribution in [0.1, 0.15) is 15.9 Å². The van der Waals surface area contributed by atoms with Crippen LogP contribution in [0, 0.1) is 18.6 Å². The van der Waals surface area contributed by atoms with Gasteiger partial charge in [0, 0.05) is 22.7 Å². The zero-order valence-electron chi connectivity index (χ0n) is 11.4. The third-order valence-corrected chi connectivity index (χ3v) is 3.59. The van der Waals surface area contributed by atoms with Gasteiger partial charge in [-0.3, -0.25) is 4.79 Å². The standard InChI is InChI=1S/C17H13F2NO/c1-11-3-2-4-16-13(11)7-8-20(16)10-17(21)12-5-6-14(18)15(19)9-12/h2-9H,10H2,1H3. The van der Waals surface area contributed by atoms with E-state index in [1.54, 1.807) is 0 Å². The van der Waals surface area contributed by atoms with Gasteiger partial charge in [-0.1, -0.05) is 12.1 Å². The molecule has 0 radical (unpaired) electrons. The molecule has 0 atom stereocenters. The molecular weight excluding hydrogens is 272 g/mol. The number of halogens is 2. The minimum absolute atomic E-state index is 0.0953. The zero-order chi connectivity index (χ0) is 15.0. The van der Waals surface area contributed by atoms with Crippen molar-refractivity contribution in [2.75, 3.05) is 0 Å². The van der Waals surface area contributed by atoms with Crippen LogP contribution in [0.15, 0.2) is 48.7 Å². The number of nitrogens with zero attached hydrogens (tertiary/aromatic N) is 1. The lowest BCUT2D eigenvalue weighted by atomic mass is 10.1. The highest BCUT2D eigenvalue weighted by Crippen LogP contribution is 2.20. The smallest absolute Gasteiger partial charge is 0.182 e. The quantitative estimate of drug-likeness (QED) is 0.664. The molecule has 2 nitrogen and oxygen atoms in total. The molecule has 4 heteroatoms. The molecule has 0 unspecified atom stereocenters. The van der Waals surface area contributed by atoms with E-state index < -0.39 is 11.6 Å². The molecule has 0 aliphatic carbocycles. The number of fused-ring (bicyclic) bond motifs is 1. The van der Waals surface area contributed by atoms with Crippen molar-refractivity contribution in [1.29, 1.82) is 0 Å². The average molecular weight is 285 g/mol. The average Bonchev–Trinajstić information content (AvgIpc) is 2.86. The fraction of sp³-hybridized carbons (Fsp3) is 0.118. The SMILES string of the molecule is Cc1cccc2c1ccn2CC(=O)c1ccc(F)c(F)c1. The van der Waals surface area contributed by atoms with E-state index in [9.17, 15) is 13.6 Å². The zero-order valence-corrected chi connectivity index (χ0v) is 11.4. The van der Waals surface area contributed by atoms with Gasteiger partial charge in [0.1, 0.15) is 0 Å². The van der Waals surface area contributed by atoms with Gasteiger partial charge < -0.3 is 4.57 Å². The first-order chi connectivity index (χ1) is 10.1. The van der Waals surface area contributed by atoms with Crippen molar-refractivity contribution in [3.63, 3.8) is 0 Å². The van der Waals surface area contributed by atoms with Crippen molar-refractivity contribution in [1.82, 2.24) is 4.57 Å². The number of Topliss-reactive ketones (excluding diaryl/α,β-unsaturated/α-hetero) is 1. The normalized spacial score (nSPS) is 11.0. The molecule has 0 aliphatic rings. The Morgan fingerprint density at radius 2 is 1.90 bits per heavy atom. The van der Waals surface area contributed by atoms with Crippen molar-refractivity contribution in [3.8, 4) is 0 Å². The molecule has 2 aromatic carbocycles. The number of carbonyl (C=O) groups is 1. The highest BCUT2D eigenvalue weighted by atomic mass is 19.2. The van der Waals surface area contributed by atoms with Crippen LogP contribution in [-0.4, -0.2) is 10.4 Å². The van der Waals surface area contributed by atoms with Crippen molar-refractivity contribution in [3.05, 3.63) is 71.4 Å². The van der Waals surface area contributed by atoms with Gasteiger partial charge >= 0.3 is 0 Å². The molecule has 0 amide bonds. The number of aryl methyl sites for hydroxylation is 1. The van der Waals surface area contributed by atoms with Crippen LogP contribution >= 0.6 is 0 Å². The molecule has 3 rings (SSSR count). The van der Waals surface area contributed by atoms with E-state index >= 15 is 0 Å². The highest BCUT2D eigenvalue weighted by molar-refractivity contribution is 5.97. The fourth-order valence-corrected chi connectivity index (χ4v) is 2.43. The Kier molecular flexibility index (Phi) is 3.29. The molecule has 0 bridgehead atoms. The van der Waals surface area contributed by atoms with Crippen molar-refractivity contribution in [2.45, 2.75) is 13.5 Å². The van der Waals surface area contributed by atoms with Gasteiger partial charge in [0.15, 0.2) is 17.4 Å². The fourth-order valence-electron chi connectivity index (χ4n) is 2.43.